The highest BCUT2D eigenvalue weighted by atomic mass is 19.3. The fourth-order valence-corrected chi connectivity index (χ4v) is 1.60. The number of aromatic nitrogens is 1. The minimum Gasteiger partial charge on any atom is -0.395 e. The van der Waals surface area contributed by atoms with Gasteiger partial charge in [-0.3, -0.25) is 4.98 Å². The van der Waals surface area contributed by atoms with Gasteiger partial charge in [0, 0.05) is 6.54 Å². The Morgan fingerprint density at radius 3 is 2.56 bits per heavy atom. The van der Waals surface area contributed by atoms with Crippen molar-refractivity contribution in [2.24, 2.45) is 0 Å². The zero-order valence-electron chi connectivity index (χ0n) is 10.3. The van der Waals surface area contributed by atoms with E-state index in [-0.39, 0.29) is 13.2 Å². The summed E-state index contributed by atoms with van der Waals surface area (Å²) < 4.78 is 24.7. The van der Waals surface area contributed by atoms with E-state index in [1.54, 1.807) is 12.1 Å². The second kappa shape index (κ2) is 7.23. The number of hydrogen-bond donors (Lipinski definition) is 2. The Labute approximate surface area is 105 Å². The molecule has 0 bridgehead atoms. The second-order valence-corrected chi connectivity index (χ2v) is 3.93. The molecule has 0 spiro atoms. The van der Waals surface area contributed by atoms with Crippen LogP contribution in [-0.2, 0) is 0 Å². The van der Waals surface area contributed by atoms with E-state index in [9.17, 15) is 13.9 Å². The van der Waals surface area contributed by atoms with Crippen LogP contribution in [0.3, 0.4) is 0 Å². The molecule has 1 rings (SSSR count). The molecule has 1 unspecified atom stereocenters. The van der Waals surface area contributed by atoms with Gasteiger partial charge >= 0.3 is 0 Å². The predicted molar refractivity (Wildman–Crippen MR) is 64.8 cm³/mol. The van der Waals surface area contributed by atoms with Gasteiger partial charge < -0.3 is 15.1 Å². The number of aliphatic hydroxyl groups is 2. The zero-order chi connectivity index (χ0) is 13.5. The van der Waals surface area contributed by atoms with Gasteiger partial charge in [0.1, 0.15) is 0 Å². The van der Waals surface area contributed by atoms with Gasteiger partial charge in [0.15, 0.2) is 0 Å². The highest BCUT2D eigenvalue weighted by molar-refractivity contribution is 5.44. The lowest BCUT2D eigenvalue weighted by Gasteiger charge is -2.23. The fraction of sp³-hybridized carbons (Fsp3) is 0.583. The number of pyridine rings is 1. The summed E-state index contributed by atoms with van der Waals surface area (Å²) in [6, 6.07) is 3.23. The molecule has 0 aliphatic carbocycles. The number of rotatable bonds is 7. The normalized spacial score (nSPS) is 12.8. The van der Waals surface area contributed by atoms with Gasteiger partial charge in [-0.25, -0.2) is 8.78 Å². The Balaban J connectivity index is 2.79. The fourth-order valence-electron chi connectivity index (χ4n) is 1.60. The summed E-state index contributed by atoms with van der Waals surface area (Å²) in [6.07, 6.45) is -1.13. The molecule has 2 N–H and O–H groups in total. The Hall–Kier alpha value is -1.27. The second-order valence-electron chi connectivity index (χ2n) is 3.93. The number of anilines is 1. The van der Waals surface area contributed by atoms with Crippen LogP contribution in [-0.4, -0.2) is 41.3 Å². The first-order chi connectivity index (χ1) is 8.58. The van der Waals surface area contributed by atoms with Crippen molar-refractivity contribution >= 4 is 5.69 Å². The van der Waals surface area contributed by atoms with Gasteiger partial charge in [0.05, 0.1) is 36.8 Å². The molecular weight excluding hydrogens is 242 g/mol. The van der Waals surface area contributed by atoms with Crippen molar-refractivity contribution < 1.29 is 19.0 Å². The van der Waals surface area contributed by atoms with Crippen molar-refractivity contribution in [1.82, 2.24) is 4.98 Å². The third-order valence-electron chi connectivity index (χ3n) is 2.59. The van der Waals surface area contributed by atoms with E-state index < -0.39 is 19.1 Å². The molecule has 1 aromatic rings. The quantitative estimate of drug-likeness (QED) is 0.781. The lowest BCUT2D eigenvalue weighted by atomic mass is 10.2. The van der Waals surface area contributed by atoms with Gasteiger partial charge in [-0.05, 0) is 18.6 Å². The Morgan fingerprint density at radius 2 is 2.11 bits per heavy atom. The van der Waals surface area contributed by atoms with Crippen molar-refractivity contribution in [1.29, 1.82) is 0 Å². The van der Waals surface area contributed by atoms with Crippen LogP contribution in [0.2, 0.25) is 0 Å². The summed E-state index contributed by atoms with van der Waals surface area (Å²) >= 11 is 0. The molecule has 6 heteroatoms. The third-order valence-corrected chi connectivity index (χ3v) is 2.59. The molecular formula is C12H18F2N2O2. The molecule has 0 saturated carbocycles. The van der Waals surface area contributed by atoms with Gasteiger partial charge in [0.2, 0.25) is 0 Å². The lowest BCUT2D eigenvalue weighted by molar-refractivity contribution is 0.152. The number of hydrogen-bond acceptors (Lipinski definition) is 4. The van der Waals surface area contributed by atoms with Gasteiger partial charge in [0.25, 0.3) is 6.43 Å². The van der Waals surface area contributed by atoms with Crippen LogP contribution in [0.5, 0.6) is 0 Å². The van der Waals surface area contributed by atoms with Crippen LogP contribution in [0.15, 0.2) is 18.3 Å². The third kappa shape index (κ3) is 4.19. The molecule has 1 heterocycles. The van der Waals surface area contributed by atoms with Crippen molar-refractivity contribution in [3.8, 4) is 0 Å². The van der Waals surface area contributed by atoms with E-state index in [1.807, 2.05) is 6.92 Å². The number of aliphatic hydroxyl groups excluding tert-OH is 2. The lowest BCUT2D eigenvalue weighted by Crippen LogP contribution is -2.31. The summed E-state index contributed by atoms with van der Waals surface area (Å²) in [7, 11) is 0. The van der Waals surface area contributed by atoms with Crippen molar-refractivity contribution in [3.63, 3.8) is 0 Å². The van der Waals surface area contributed by atoms with Crippen LogP contribution in [0.1, 0.15) is 25.1 Å². The Bertz CT molecular complexity index is 346. The molecule has 0 aliphatic heterocycles. The first-order valence-corrected chi connectivity index (χ1v) is 5.86. The van der Waals surface area contributed by atoms with E-state index in [0.717, 1.165) is 0 Å². The first kappa shape index (κ1) is 14.8. The van der Waals surface area contributed by atoms with Crippen molar-refractivity contribution in [2.75, 3.05) is 24.6 Å². The molecule has 0 saturated heterocycles. The SMILES string of the molecule is CCC(O)c1ccc(N(CCO)CC(F)F)cn1. The maximum atomic E-state index is 12.4. The minimum absolute atomic E-state index is 0.127. The molecule has 1 aromatic heterocycles. The largest absolute Gasteiger partial charge is 0.395 e. The van der Waals surface area contributed by atoms with Gasteiger partial charge in [-0.1, -0.05) is 6.92 Å². The average Bonchev–Trinajstić information content (AvgIpc) is 2.37. The van der Waals surface area contributed by atoms with Crippen LogP contribution >= 0.6 is 0 Å². The highest BCUT2D eigenvalue weighted by Gasteiger charge is 2.13. The smallest absolute Gasteiger partial charge is 0.255 e. The van der Waals surface area contributed by atoms with E-state index in [4.69, 9.17) is 5.11 Å². The summed E-state index contributed by atoms with van der Waals surface area (Å²) in [5, 5.41) is 18.4. The van der Waals surface area contributed by atoms with Crippen molar-refractivity contribution in [3.05, 3.63) is 24.0 Å². The number of halogens is 2. The molecule has 0 radical (unpaired) electrons. The Kier molecular flexibility index (Phi) is 5.94. The van der Waals surface area contributed by atoms with Crippen LogP contribution in [0.25, 0.3) is 0 Å². The van der Waals surface area contributed by atoms with E-state index in [1.165, 1.54) is 11.1 Å². The standard InChI is InChI=1S/C12H18F2N2O2/c1-2-11(18)10-4-3-9(7-15-10)16(5-6-17)8-12(13)14/h3-4,7,11-12,17-18H,2,5-6,8H2,1H3. The summed E-state index contributed by atoms with van der Waals surface area (Å²) in [5.74, 6) is 0. The predicted octanol–water partition coefficient (Wildman–Crippen LogP) is 1.59. The van der Waals surface area contributed by atoms with Crippen LogP contribution < -0.4 is 4.90 Å². The summed E-state index contributed by atoms with van der Waals surface area (Å²) in [4.78, 5) is 5.40. The van der Waals surface area contributed by atoms with Crippen molar-refractivity contribution in [2.45, 2.75) is 25.9 Å². The molecule has 4 nitrogen and oxygen atoms in total. The van der Waals surface area contributed by atoms with Crippen LogP contribution in [0.4, 0.5) is 14.5 Å². The molecule has 18 heavy (non-hydrogen) atoms. The van der Waals surface area contributed by atoms with Gasteiger partial charge in [-0.2, -0.15) is 0 Å². The zero-order valence-corrected chi connectivity index (χ0v) is 10.3. The molecule has 1 atom stereocenters. The highest BCUT2D eigenvalue weighted by Crippen LogP contribution is 2.18. The maximum absolute atomic E-state index is 12.4. The molecule has 0 aromatic carbocycles. The molecule has 0 amide bonds. The molecule has 0 fully saturated rings. The maximum Gasteiger partial charge on any atom is 0.255 e. The van der Waals surface area contributed by atoms with E-state index in [0.29, 0.717) is 17.8 Å². The van der Waals surface area contributed by atoms with E-state index in [2.05, 4.69) is 4.98 Å². The summed E-state index contributed by atoms with van der Waals surface area (Å²) in [6.45, 7) is 1.31. The van der Waals surface area contributed by atoms with Crippen LogP contribution in [0, 0.1) is 0 Å². The molecule has 0 aliphatic rings. The first-order valence-electron chi connectivity index (χ1n) is 5.86. The monoisotopic (exact) mass is 260 g/mol. The minimum atomic E-state index is -2.47. The number of nitrogens with zero attached hydrogens (tertiary/aromatic N) is 2. The Morgan fingerprint density at radius 1 is 1.39 bits per heavy atom. The average molecular weight is 260 g/mol. The topological polar surface area (TPSA) is 56.6 Å². The van der Waals surface area contributed by atoms with Gasteiger partial charge in [-0.15, -0.1) is 0 Å². The summed E-state index contributed by atoms with van der Waals surface area (Å²) in [5.41, 5.74) is 1.03. The number of alkyl halides is 2. The van der Waals surface area contributed by atoms with E-state index >= 15 is 0 Å². The molecule has 102 valence electrons.